The standard InChI is InChI=1S/C14H18N2O/c1-11(2)10-17-15-9-13-8-7-12-5-3-4-6-14(12)16-13/h3-8,11,15H,9-10H2,1-2H3. The average molecular weight is 230 g/mol. The first-order valence-corrected chi connectivity index (χ1v) is 5.95. The van der Waals surface area contributed by atoms with Gasteiger partial charge in [0.25, 0.3) is 0 Å². The van der Waals surface area contributed by atoms with Crippen LogP contribution in [-0.4, -0.2) is 11.6 Å². The van der Waals surface area contributed by atoms with E-state index >= 15 is 0 Å². The highest BCUT2D eigenvalue weighted by atomic mass is 16.6. The molecule has 0 aliphatic carbocycles. The van der Waals surface area contributed by atoms with E-state index < -0.39 is 0 Å². The zero-order chi connectivity index (χ0) is 12.1. The summed E-state index contributed by atoms with van der Waals surface area (Å²) in [5.74, 6) is 0.534. The summed E-state index contributed by atoms with van der Waals surface area (Å²) in [6.07, 6.45) is 0. The summed E-state index contributed by atoms with van der Waals surface area (Å²) in [5, 5.41) is 1.17. The molecule has 0 aliphatic rings. The van der Waals surface area contributed by atoms with Crippen molar-refractivity contribution in [3.05, 3.63) is 42.1 Å². The summed E-state index contributed by atoms with van der Waals surface area (Å²) >= 11 is 0. The van der Waals surface area contributed by atoms with Crippen LogP contribution in [0, 0.1) is 5.92 Å². The van der Waals surface area contributed by atoms with Gasteiger partial charge in [0.15, 0.2) is 0 Å². The second kappa shape index (κ2) is 5.75. The number of aromatic nitrogens is 1. The number of benzene rings is 1. The molecule has 0 saturated heterocycles. The highest BCUT2D eigenvalue weighted by Crippen LogP contribution is 2.11. The fourth-order valence-corrected chi connectivity index (χ4v) is 1.56. The number of hydroxylamine groups is 1. The number of rotatable bonds is 5. The largest absolute Gasteiger partial charge is 0.301 e. The zero-order valence-corrected chi connectivity index (χ0v) is 10.3. The Balaban J connectivity index is 1.95. The van der Waals surface area contributed by atoms with Gasteiger partial charge in [-0.1, -0.05) is 38.1 Å². The quantitative estimate of drug-likeness (QED) is 0.633. The van der Waals surface area contributed by atoms with Crippen LogP contribution in [0.2, 0.25) is 0 Å². The lowest BCUT2D eigenvalue weighted by Crippen LogP contribution is -2.18. The van der Waals surface area contributed by atoms with Gasteiger partial charge in [-0.2, -0.15) is 5.48 Å². The van der Waals surface area contributed by atoms with Crippen LogP contribution >= 0.6 is 0 Å². The third-order valence-electron chi connectivity index (χ3n) is 2.43. The van der Waals surface area contributed by atoms with E-state index in [1.165, 1.54) is 5.39 Å². The lowest BCUT2D eigenvalue weighted by molar-refractivity contribution is 0.0191. The molecule has 0 aliphatic heterocycles. The third-order valence-corrected chi connectivity index (χ3v) is 2.43. The van der Waals surface area contributed by atoms with Gasteiger partial charge in [-0.15, -0.1) is 0 Å². The minimum absolute atomic E-state index is 0.534. The predicted octanol–water partition coefficient (Wildman–Crippen LogP) is 2.91. The Morgan fingerprint density at radius 1 is 1.18 bits per heavy atom. The van der Waals surface area contributed by atoms with E-state index in [1.807, 2.05) is 24.3 Å². The van der Waals surface area contributed by atoms with Crippen molar-refractivity contribution in [2.75, 3.05) is 6.61 Å². The Labute approximate surface area is 102 Å². The van der Waals surface area contributed by atoms with Gasteiger partial charge < -0.3 is 4.84 Å². The Kier molecular flexibility index (Phi) is 4.07. The zero-order valence-electron chi connectivity index (χ0n) is 10.3. The summed E-state index contributed by atoms with van der Waals surface area (Å²) in [4.78, 5) is 9.87. The maximum atomic E-state index is 5.32. The second-order valence-electron chi connectivity index (χ2n) is 4.52. The van der Waals surface area contributed by atoms with E-state index in [0.717, 1.165) is 11.2 Å². The van der Waals surface area contributed by atoms with Crippen molar-refractivity contribution in [2.45, 2.75) is 20.4 Å². The van der Waals surface area contributed by atoms with Crippen LogP contribution in [0.3, 0.4) is 0 Å². The van der Waals surface area contributed by atoms with Crippen LogP contribution in [0.15, 0.2) is 36.4 Å². The van der Waals surface area contributed by atoms with Gasteiger partial charge in [-0.25, -0.2) is 0 Å². The maximum Gasteiger partial charge on any atom is 0.0705 e. The first kappa shape index (κ1) is 12.0. The number of fused-ring (bicyclic) bond motifs is 1. The molecule has 3 heteroatoms. The molecule has 0 amide bonds. The number of hydrogen-bond acceptors (Lipinski definition) is 3. The van der Waals surface area contributed by atoms with E-state index in [0.29, 0.717) is 19.1 Å². The van der Waals surface area contributed by atoms with Gasteiger partial charge in [0.1, 0.15) is 0 Å². The fraction of sp³-hybridized carbons (Fsp3) is 0.357. The fourth-order valence-electron chi connectivity index (χ4n) is 1.56. The molecule has 0 bridgehead atoms. The molecule has 3 nitrogen and oxygen atoms in total. The molecule has 0 fully saturated rings. The number of nitrogens with zero attached hydrogens (tertiary/aromatic N) is 1. The van der Waals surface area contributed by atoms with E-state index in [4.69, 9.17) is 4.84 Å². The minimum Gasteiger partial charge on any atom is -0.301 e. The number of pyridine rings is 1. The van der Waals surface area contributed by atoms with Crippen molar-refractivity contribution in [1.82, 2.24) is 10.5 Å². The molecular formula is C14H18N2O. The van der Waals surface area contributed by atoms with E-state index in [1.54, 1.807) is 0 Å². The van der Waals surface area contributed by atoms with E-state index in [-0.39, 0.29) is 0 Å². The lowest BCUT2D eigenvalue weighted by atomic mass is 10.2. The molecule has 17 heavy (non-hydrogen) atoms. The summed E-state index contributed by atoms with van der Waals surface area (Å²) in [7, 11) is 0. The minimum atomic E-state index is 0.534. The Morgan fingerprint density at radius 3 is 2.82 bits per heavy atom. The molecule has 90 valence electrons. The molecule has 0 atom stereocenters. The van der Waals surface area contributed by atoms with Gasteiger partial charge in [-0.05, 0) is 18.1 Å². The first-order chi connectivity index (χ1) is 8.25. The molecule has 1 aromatic carbocycles. The molecule has 1 aromatic heterocycles. The monoisotopic (exact) mass is 230 g/mol. The molecular weight excluding hydrogens is 212 g/mol. The van der Waals surface area contributed by atoms with Crippen LogP contribution in [0.4, 0.5) is 0 Å². The van der Waals surface area contributed by atoms with Crippen LogP contribution in [0.25, 0.3) is 10.9 Å². The summed E-state index contributed by atoms with van der Waals surface area (Å²) in [6.45, 7) is 5.59. The molecule has 1 N–H and O–H groups in total. The summed E-state index contributed by atoms with van der Waals surface area (Å²) in [5.41, 5.74) is 4.95. The smallest absolute Gasteiger partial charge is 0.0705 e. The second-order valence-corrected chi connectivity index (χ2v) is 4.52. The molecule has 0 radical (unpaired) electrons. The van der Waals surface area contributed by atoms with Crippen LogP contribution < -0.4 is 5.48 Å². The molecule has 1 heterocycles. The molecule has 0 unspecified atom stereocenters. The molecule has 2 rings (SSSR count). The van der Waals surface area contributed by atoms with Crippen LogP contribution in [-0.2, 0) is 11.4 Å². The molecule has 0 spiro atoms. The van der Waals surface area contributed by atoms with Crippen molar-refractivity contribution in [3.63, 3.8) is 0 Å². The molecule has 0 saturated carbocycles. The van der Waals surface area contributed by atoms with Crippen molar-refractivity contribution in [2.24, 2.45) is 5.92 Å². The highest BCUT2D eigenvalue weighted by molar-refractivity contribution is 5.78. The maximum absolute atomic E-state index is 5.32. The van der Waals surface area contributed by atoms with Crippen LogP contribution in [0.5, 0.6) is 0 Å². The van der Waals surface area contributed by atoms with Gasteiger partial charge >= 0.3 is 0 Å². The normalized spacial score (nSPS) is 11.2. The number of nitrogens with one attached hydrogen (secondary N) is 1. The average Bonchev–Trinajstić information content (AvgIpc) is 2.34. The Hall–Kier alpha value is -1.45. The van der Waals surface area contributed by atoms with E-state index in [9.17, 15) is 0 Å². The van der Waals surface area contributed by atoms with Crippen molar-refractivity contribution >= 4 is 10.9 Å². The van der Waals surface area contributed by atoms with Gasteiger partial charge in [0.05, 0.1) is 24.4 Å². The Bertz CT molecular complexity index is 482. The predicted molar refractivity (Wildman–Crippen MR) is 69.4 cm³/mol. The Morgan fingerprint density at radius 2 is 2.00 bits per heavy atom. The van der Waals surface area contributed by atoms with Gasteiger partial charge in [-0.3, -0.25) is 4.98 Å². The van der Waals surface area contributed by atoms with Crippen molar-refractivity contribution in [1.29, 1.82) is 0 Å². The van der Waals surface area contributed by atoms with Crippen LogP contribution in [0.1, 0.15) is 19.5 Å². The van der Waals surface area contributed by atoms with E-state index in [2.05, 4.69) is 36.4 Å². The lowest BCUT2D eigenvalue weighted by Gasteiger charge is -2.08. The van der Waals surface area contributed by atoms with Crippen molar-refractivity contribution < 1.29 is 4.84 Å². The number of hydrogen-bond donors (Lipinski definition) is 1. The van der Waals surface area contributed by atoms with Crippen molar-refractivity contribution in [3.8, 4) is 0 Å². The highest BCUT2D eigenvalue weighted by Gasteiger charge is 1.98. The molecule has 2 aromatic rings. The number of para-hydroxylation sites is 1. The summed E-state index contributed by atoms with van der Waals surface area (Å²) < 4.78 is 0. The summed E-state index contributed by atoms with van der Waals surface area (Å²) in [6, 6.07) is 12.2. The van der Waals surface area contributed by atoms with Gasteiger partial charge in [0.2, 0.25) is 0 Å². The third kappa shape index (κ3) is 3.51. The van der Waals surface area contributed by atoms with Gasteiger partial charge in [0, 0.05) is 5.39 Å². The first-order valence-electron chi connectivity index (χ1n) is 5.95. The SMILES string of the molecule is CC(C)CONCc1ccc2ccccc2n1. The topological polar surface area (TPSA) is 34.1 Å².